The zero-order chi connectivity index (χ0) is 15.7. The number of fused-ring (bicyclic) bond motifs is 1. The Morgan fingerprint density at radius 2 is 1.76 bits per heavy atom. The highest BCUT2D eigenvalue weighted by atomic mass is 16.3. The van der Waals surface area contributed by atoms with E-state index in [-0.39, 0.29) is 11.6 Å². The maximum absolute atomic E-state index is 10.1. The van der Waals surface area contributed by atoms with Gasteiger partial charge in [0.25, 0.3) is 0 Å². The number of aliphatic hydroxyl groups is 1. The Hall–Kier alpha value is -0.120. The number of nitrogens with one attached hydrogen (secondary N) is 1. The molecule has 3 nitrogen and oxygen atoms in total. The van der Waals surface area contributed by atoms with E-state index in [1.54, 1.807) is 0 Å². The molecule has 21 heavy (non-hydrogen) atoms. The molecule has 0 aromatic carbocycles. The van der Waals surface area contributed by atoms with E-state index in [2.05, 4.69) is 44.8 Å². The average Bonchev–Trinajstić information content (AvgIpc) is 2.96. The number of hydrogen-bond acceptors (Lipinski definition) is 3. The van der Waals surface area contributed by atoms with E-state index in [4.69, 9.17) is 0 Å². The van der Waals surface area contributed by atoms with Crippen LogP contribution in [0.3, 0.4) is 0 Å². The van der Waals surface area contributed by atoms with Crippen LogP contribution in [0.2, 0.25) is 0 Å². The summed E-state index contributed by atoms with van der Waals surface area (Å²) in [6.07, 6.45) is 4.67. The van der Waals surface area contributed by atoms with E-state index in [0.717, 1.165) is 25.4 Å². The normalized spacial score (nSPS) is 30.9. The Kier molecular flexibility index (Phi) is 5.38. The average molecular weight is 296 g/mol. The van der Waals surface area contributed by atoms with Crippen LogP contribution >= 0.6 is 0 Å². The molecule has 2 fully saturated rings. The van der Waals surface area contributed by atoms with Crippen LogP contribution in [-0.4, -0.2) is 47.8 Å². The van der Waals surface area contributed by atoms with Crippen LogP contribution in [0, 0.1) is 17.3 Å². The van der Waals surface area contributed by atoms with Crippen LogP contribution in [0.5, 0.6) is 0 Å². The molecule has 0 radical (unpaired) electrons. The Bertz CT molecular complexity index is 333. The molecule has 1 saturated carbocycles. The molecule has 0 spiro atoms. The summed E-state index contributed by atoms with van der Waals surface area (Å²) in [7, 11) is 0. The topological polar surface area (TPSA) is 35.5 Å². The summed E-state index contributed by atoms with van der Waals surface area (Å²) in [4.78, 5) is 2.63. The van der Waals surface area contributed by atoms with E-state index in [1.807, 2.05) is 0 Å². The van der Waals surface area contributed by atoms with Crippen LogP contribution < -0.4 is 5.32 Å². The van der Waals surface area contributed by atoms with Gasteiger partial charge >= 0.3 is 0 Å². The first-order valence-corrected chi connectivity index (χ1v) is 8.94. The van der Waals surface area contributed by atoms with E-state index in [9.17, 15) is 5.11 Å². The minimum atomic E-state index is -0.0367. The Balaban J connectivity index is 1.94. The zero-order valence-corrected chi connectivity index (χ0v) is 14.8. The van der Waals surface area contributed by atoms with Crippen molar-refractivity contribution in [2.45, 2.75) is 71.9 Å². The molecular weight excluding hydrogens is 260 g/mol. The second kappa shape index (κ2) is 6.55. The number of aliphatic hydroxyl groups excluding tert-OH is 1. The van der Waals surface area contributed by atoms with Gasteiger partial charge in [0.1, 0.15) is 0 Å². The van der Waals surface area contributed by atoms with Crippen molar-refractivity contribution in [1.82, 2.24) is 10.2 Å². The van der Waals surface area contributed by atoms with Gasteiger partial charge in [-0.05, 0) is 57.8 Å². The highest BCUT2D eigenvalue weighted by molar-refractivity contribution is 4.96. The van der Waals surface area contributed by atoms with Gasteiger partial charge in [0.05, 0.1) is 6.10 Å². The Labute approximate surface area is 131 Å². The van der Waals surface area contributed by atoms with Gasteiger partial charge in [-0.15, -0.1) is 0 Å². The number of rotatable bonds is 6. The molecule has 1 aliphatic heterocycles. The van der Waals surface area contributed by atoms with Crippen molar-refractivity contribution in [2.75, 3.05) is 26.2 Å². The smallest absolute Gasteiger partial charge is 0.0583 e. The first-order valence-electron chi connectivity index (χ1n) is 8.94. The number of nitrogens with zero attached hydrogens (tertiary/aromatic N) is 1. The van der Waals surface area contributed by atoms with Crippen molar-refractivity contribution in [3.8, 4) is 0 Å². The molecule has 1 aliphatic carbocycles. The van der Waals surface area contributed by atoms with Crippen molar-refractivity contribution >= 4 is 0 Å². The summed E-state index contributed by atoms with van der Waals surface area (Å²) < 4.78 is 0. The third-order valence-electron chi connectivity index (χ3n) is 5.95. The summed E-state index contributed by atoms with van der Waals surface area (Å²) in [5.74, 6) is 1.30. The predicted molar refractivity (Wildman–Crippen MR) is 89.4 cm³/mol. The molecule has 2 N–H and O–H groups in total. The highest BCUT2D eigenvalue weighted by Crippen LogP contribution is 2.40. The number of hydrogen-bond donors (Lipinski definition) is 2. The Morgan fingerprint density at radius 1 is 1.10 bits per heavy atom. The number of likely N-dealkylation sites (tertiary alicyclic amines) is 1. The first kappa shape index (κ1) is 17.2. The lowest BCUT2D eigenvalue weighted by Crippen LogP contribution is -2.48. The van der Waals surface area contributed by atoms with Gasteiger partial charge < -0.3 is 15.3 Å². The van der Waals surface area contributed by atoms with Gasteiger partial charge in [0.15, 0.2) is 0 Å². The fourth-order valence-electron chi connectivity index (χ4n) is 4.16. The SMILES string of the molecule is CCC(CC)(CNC(C)(C)C)CN1CC2CCC(O)C2C1. The summed E-state index contributed by atoms with van der Waals surface area (Å²) in [6, 6.07) is 0. The summed E-state index contributed by atoms with van der Waals surface area (Å²) >= 11 is 0. The van der Waals surface area contributed by atoms with Crippen LogP contribution in [0.4, 0.5) is 0 Å². The molecule has 0 aromatic rings. The summed E-state index contributed by atoms with van der Waals surface area (Å²) in [5.41, 5.74) is 0.560. The molecule has 0 bridgehead atoms. The second-order valence-corrected chi connectivity index (χ2v) is 8.57. The van der Waals surface area contributed by atoms with Crippen LogP contribution in [0.25, 0.3) is 0 Å². The van der Waals surface area contributed by atoms with E-state index >= 15 is 0 Å². The van der Waals surface area contributed by atoms with Gasteiger partial charge in [0.2, 0.25) is 0 Å². The molecule has 2 aliphatic rings. The highest BCUT2D eigenvalue weighted by Gasteiger charge is 2.43. The maximum Gasteiger partial charge on any atom is 0.0583 e. The molecule has 1 saturated heterocycles. The first-order chi connectivity index (χ1) is 9.78. The lowest BCUT2D eigenvalue weighted by Gasteiger charge is -2.38. The predicted octanol–water partition coefficient (Wildman–Crippen LogP) is 2.88. The zero-order valence-electron chi connectivity index (χ0n) is 14.8. The van der Waals surface area contributed by atoms with Crippen LogP contribution in [0.1, 0.15) is 60.3 Å². The maximum atomic E-state index is 10.1. The monoisotopic (exact) mass is 296 g/mol. The second-order valence-electron chi connectivity index (χ2n) is 8.57. The van der Waals surface area contributed by atoms with Crippen molar-refractivity contribution in [3.63, 3.8) is 0 Å². The van der Waals surface area contributed by atoms with Gasteiger partial charge in [-0.3, -0.25) is 0 Å². The Morgan fingerprint density at radius 3 is 2.29 bits per heavy atom. The minimum absolute atomic E-state index is 0.0367. The quantitative estimate of drug-likeness (QED) is 0.791. The van der Waals surface area contributed by atoms with Gasteiger partial charge in [0, 0.05) is 37.6 Å². The molecule has 3 heteroatoms. The van der Waals surface area contributed by atoms with Crippen molar-refractivity contribution in [3.05, 3.63) is 0 Å². The third kappa shape index (κ3) is 4.20. The molecular formula is C18H36N2O. The minimum Gasteiger partial charge on any atom is -0.393 e. The molecule has 124 valence electrons. The fraction of sp³-hybridized carbons (Fsp3) is 1.00. The van der Waals surface area contributed by atoms with E-state index in [0.29, 0.717) is 11.3 Å². The fourth-order valence-corrected chi connectivity index (χ4v) is 4.16. The van der Waals surface area contributed by atoms with Gasteiger partial charge in [-0.25, -0.2) is 0 Å². The third-order valence-corrected chi connectivity index (χ3v) is 5.95. The van der Waals surface area contributed by atoms with Crippen molar-refractivity contribution in [2.24, 2.45) is 17.3 Å². The van der Waals surface area contributed by atoms with E-state index < -0.39 is 0 Å². The van der Waals surface area contributed by atoms with Gasteiger partial charge in [-0.1, -0.05) is 13.8 Å². The lowest BCUT2D eigenvalue weighted by molar-refractivity contribution is 0.106. The van der Waals surface area contributed by atoms with Gasteiger partial charge in [-0.2, -0.15) is 0 Å². The summed E-state index contributed by atoms with van der Waals surface area (Å²) in [5, 5.41) is 13.8. The standard InChI is InChI=1S/C18H36N2O/c1-6-18(7-2,12-19-17(3,4)5)13-20-10-14-8-9-16(21)15(14)11-20/h14-16,19,21H,6-13H2,1-5H3. The molecule has 0 amide bonds. The van der Waals surface area contributed by atoms with Crippen LogP contribution in [0.15, 0.2) is 0 Å². The summed E-state index contributed by atoms with van der Waals surface area (Å²) in [6.45, 7) is 16.0. The lowest BCUT2D eigenvalue weighted by atomic mass is 9.81. The largest absolute Gasteiger partial charge is 0.393 e. The molecule has 3 atom stereocenters. The van der Waals surface area contributed by atoms with E-state index in [1.165, 1.54) is 32.4 Å². The molecule has 2 rings (SSSR count). The molecule has 3 unspecified atom stereocenters. The van der Waals surface area contributed by atoms with Crippen LogP contribution in [-0.2, 0) is 0 Å². The van der Waals surface area contributed by atoms with Crippen molar-refractivity contribution in [1.29, 1.82) is 0 Å². The molecule has 1 heterocycles. The molecule has 0 aromatic heterocycles. The van der Waals surface area contributed by atoms with Crippen molar-refractivity contribution < 1.29 is 5.11 Å².